The maximum atomic E-state index is 13.2. The number of carbonyl (C=O) groups excluding carboxylic acids is 2. The van der Waals surface area contributed by atoms with Gasteiger partial charge in [0.25, 0.3) is 0 Å². The van der Waals surface area contributed by atoms with Crippen LogP contribution in [0.3, 0.4) is 0 Å². The molecule has 1 unspecified atom stereocenters. The molecule has 2 aromatic carbocycles. The van der Waals surface area contributed by atoms with Crippen LogP contribution in [0.4, 0.5) is 10.5 Å². The lowest BCUT2D eigenvalue weighted by atomic mass is 10.1. The van der Waals surface area contributed by atoms with E-state index in [2.05, 4.69) is 22.3 Å². The van der Waals surface area contributed by atoms with Crippen molar-refractivity contribution in [1.82, 2.24) is 14.7 Å². The minimum Gasteiger partial charge on any atom is -0.338 e. The highest BCUT2D eigenvalue weighted by molar-refractivity contribution is 5.89. The topological polar surface area (TPSA) is 55.9 Å². The van der Waals surface area contributed by atoms with Crippen molar-refractivity contribution in [3.8, 4) is 0 Å². The van der Waals surface area contributed by atoms with E-state index in [-0.39, 0.29) is 18.0 Å². The first kappa shape index (κ1) is 20.4. The largest absolute Gasteiger partial charge is 0.338 e. The van der Waals surface area contributed by atoms with Crippen LogP contribution in [0.15, 0.2) is 54.6 Å². The van der Waals surface area contributed by atoms with Crippen molar-refractivity contribution in [3.05, 3.63) is 65.7 Å². The Morgan fingerprint density at radius 2 is 1.67 bits per heavy atom. The number of piperazine rings is 1. The van der Waals surface area contributed by atoms with E-state index < -0.39 is 0 Å². The van der Waals surface area contributed by atoms with E-state index in [9.17, 15) is 9.59 Å². The highest BCUT2D eigenvalue weighted by atomic mass is 16.2. The van der Waals surface area contributed by atoms with Gasteiger partial charge in [-0.3, -0.25) is 9.69 Å². The zero-order valence-corrected chi connectivity index (χ0v) is 17.6. The van der Waals surface area contributed by atoms with Crippen molar-refractivity contribution in [1.29, 1.82) is 0 Å². The van der Waals surface area contributed by atoms with Gasteiger partial charge in [-0.1, -0.05) is 42.5 Å². The van der Waals surface area contributed by atoms with Gasteiger partial charge in [0.1, 0.15) is 0 Å². The normalized spacial score (nSPS) is 19.7. The maximum absolute atomic E-state index is 13.2. The number of urea groups is 1. The minimum atomic E-state index is -0.0979. The maximum Gasteiger partial charge on any atom is 0.321 e. The number of benzene rings is 2. The summed E-state index contributed by atoms with van der Waals surface area (Å²) < 4.78 is 0. The van der Waals surface area contributed by atoms with Gasteiger partial charge in [-0.2, -0.15) is 0 Å². The van der Waals surface area contributed by atoms with Crippen LogP contribution >= 0.6 is 0 Å². The molecular weight excluding hydrogens is 376 g/mol. The van der Waals surface area contributed by atoms with E-state index in [1.54, 1.807) is 4.90 Å². The van der Waals surface area contributed by atoms with Crippen molar-refractivity contribution in [2.75, 3.05) is 38.0 Å². The van der Waals surface area contributed by atoms with Gasteiger partial charge in [0.2, 0.25) is 5.91 Å². The number of anilines is 1. The van der Waals surface area contributed by atoms with Gasteiger partial charge in [-0.15, -0.1) is 0 Å². The van der Waals surface area contributed by atoms with Crippen molar-refractivity contribution in [2.24, 2.45) is 0 Å². The lowest BCUT2D eigenvalue weighted by Gasteiger charge is -2.37. The number of hydrogen-bond donors (Lipinski definition) is 1. The summed E-state index contributed by atoms with van der Waals surface area (Å²) in [5.41, 5.74) is 3.16. The van der Waals surface area contributed by atoms with Gasteiger partial charge in [0.05, 0.1) is 6.04 Å². The summed E-state index contributed by atoms with van der Waals surface area (Å²) >= 11 is 0. The molecule has 158 valence electrons. The molecule has 2 saturated heterocycles. The summed E-state index contributed by atoms with van der Waals surface area (Å²) in [6.45, 7) is 6.10. The Balaban J connectivity index is 1.30. The molecule has 0 aromatic heterocycles. The molecule has 0 radical (unpaired) electrons. The highest BCUT2D eigenvalue weighted by Crippen LogP contribution is 2.22. The van der Waals surface area contributed by atoms with Gasteiger partial charge < -0.3 is 15.1 Å². The third-order valence-electron chi connectivity index (χ3n) is 6.03. The Labute approximate surface area is 178 Å². The van der Waals surface area contributed by atoms with Crippen LogP contribution in [0.5, 0.6) is 0 Å². The number of nitrogens with zero attached hydrogens (tertiary/aromatic N) is 3. The van der Waals surface area contributed by atoms with Crippen molar-refractivity contribution >= 4 is 17.6 Å². The van der Waals surface area contributed by atoms with Crippen LogP contribution in [0, 0.1) is 6.92 Å². The number of hydrogen-bond acceptors (Lipinski definition) is 3. The number of aryl methyl sites for hydroxylation is 1. The Kier molecular flexibility index (Phi) is 6.33. The lowest BCUT2D eigenvalue weighted by molar-refractivity contribution is -0.137. The van der Waals surface area contributed by atoms with Crippen molar-refractivity contribution in [2.45, 2.75) is 32.4 Å². The van der Waals surface area contributed by atoms with E-state index in [1.807, 2.05) is 54.3 Å². The van der Waals surface area contributed by atoms with E-state index in [4.69, 9.17) is 0 Å². The van der Waals surface area contributed by atoms with Crippen LogP contribution in [-0.2, 0) is 11.3 Å². The molecule has 2 aliphatic rings. The van der Waals surface area contributed by atoms with E-state index >= 15 is 0 Å². The van der Waals surface area contributed by atoms with Crippen LogP contribution in [0.2, 0.25) is 0 Å². The van der Waals surface area contributed by atoms with E-state index in [0.29, 0.717) is 26.2 Å². The molecule has 6 nitrogen and oxygen atoms in total. The molecule has 0 bridgehead atoms. The number of nitrogens with one attached hydrogen (secondary N) is 1. The molecule has 2 aromatic rings. The molecule has 2 heterocycles. The second kappa shape index (κ2) is 9.30. The molecule has 6 heteroatoms. The lowest BCUT2D eigenvalue weighted by Crippen LogP contribution is -2.55. The van der Waals surface area contributed by atoms with Gasteiger partial charge in [0, 0.05) is 38.4 Å². The predicted molar refractivity (Wildman–Crippen MR) is 118 cm³/mol. The third kappa shape index (κ3) is 4.82. The zero-order valence-electron chi connectivity index (χ0n) is 17.6. The monoisotopic (exact) mass is 406 g/mol. The molecule has 30 heavy (non-hydrogen) atoms. The van der Waals surface area contributed by atoms with Crippen LogP contribution < -0.4 is 5.32 Å². The number of likely N-dealkylation sites (tertiary alicyclic amines) is 1. The fraction of sp³-hybridized carbons (Fsp3) is 0.417. The second-order valence-corrected chi connectivity index (χ2v) is 8.23. The Morgan fingerprint density at radius 3 is 2.40 bits per heavy atom. The molecule has 0 aliphatic carbocycles. The summed E-state index contributed by atoms with van der Waals surface area (Å²) in [4.78, 5) is 31.8. The highest BCUT2D eigenvalue weighted by Gasteiger charge is 2.35. The molecule has 4 rings (SSSR count). The van der Waals surface area contributed by atoms with E-state index in [0.717, 1.165) is 37.2 Å². The van der Waals surface area contributed by atoms with Gasteiger partial charge in [-0.25, -0.2) is 4.79 Å². The fourth-order valence-corrected chi connectivity index (χ4v) is 4.38. The molecule has 0 spiro atoms. The summed E-state index contributed by atoms with van der Waals surface area (Å²) in [6.07, 6.45) is 1.97. The molecule has 2 fully saturated rings. The Hall–Kier alpha value is -2.86. The second-order valence-electron chi connectivity index (χ2n) is 8.23. The Bertz CT molecular complexity index is 878. The van der Waals surface area contributed by atoms with Gasteiger partial charge in [-0.05, 0) is 49.6 Å². The zero-order chi connectivity index (χ0) is 20.9. The number of carbonyl (C=O) groups is 2. The SMILES string of the molecule is Cc1cccc(NC(=O)N2CCN(C(=O)C3CCCN3Cc3ccccc3)CC2)c1. The van der Waals surface area contributed by atoms with Crippen LogP contribution in [0.1, 0.15) is 24.0 Å². The first-order valence-corrected chi connectivity index (χ1v) is 10.8. The predicted octanol–water partition coefficient (Wildman–Crippen LogP) is 3.34. The molecule has 1 N–H and O–H groups in total. The number of amides is 3. The smallest absolute Gasteiger partial charge is 0.321 e. The van der Waals surface area contributed by atoms with Gasteiger partial charge in [0.15, 0.2) is 0 Å². The van der Waals surface area contributed by atoms with E-state index in [1.165, 1.54) is 5.56 Å². The minimum absolute atomic E-state index is 0.0436. The first-order valence-electron chi connectivity index (χ1n) is 10.8. The quantitative estimate of drug-likeness (QED) is 0.847. The van der Waals surface area contributed by atoms with Crippen molar-refractivity contribution < 1.29 is 9.59 Å². The molecule has 2 aliphatic heterocycles. The number of rotatable bonds is 4. The van der Waals surface area contributed by atoms with Crippen molar-refractivity contribution in [3.63, 3.8) is 0 Å². The average molecular weight is 407 g/mol. The first-order chi connectivity index (χ1) is 14.6. The summed E-state index contributed by atoms with van der Waals surface area (Å²) in [5, 5.41) is 2.96. The molecule has 1 atom stereocenters. The summed E-state index contributed by atoms with van der Waals surface area (Å²) in [6, 6.07) is 18.0. The molecular formula is C24H30N4O2. The fourth-order valence-electron chi connectivity index (χ4n) is 4.38. The molecule has 3 amide bonds. The third-order valence-corrected chi connectivity index (χ3v) is 6.03. The standard InChI is InChI=1S/C24H30N4O2/c1-19-7-5-10-21(17-19)25-24(30)27-15-13-26(14-16-27)23(29)22-11-6-12-28(22)18-20-8-3-2-4-9-20/h2-5,7-10,17,22H,6,11-16,18H2,1H3,(H,25,30). The molecule has 0 saturated carbocycles. The average Bonchev–Trinajstić information content (AvgIpc) is 3.22. The summed E-state index contributed by atoms with van der Waals surface area (Å²) in [7, 11) is 0. The van der Waals surface area contributed by atoms with Crippen LogP contribution in [0.25, 0.3) is 0 Å². The summed E-state index contributed by atoms with van der Waals surface area (Å²) in [5.74, 6) is 0.210. The van der Waals surface area contributed by atoms with Crippen LogP contribution in [-0.4, -0.2) is 65.4 Å². The van der Waals surface area contributed by atoms with Gasteiger partial charge >= 0.3 is 6.03 Å². The Morgan fingerprint density at radius 1 is 0.933 bits per heavy atom.